The molecule has 69 valence electrons. The molecule has 2 heterocycles. The highest BCUT2D eigenvalue weighted by molar-refractivity contribution is 5.50. The van der Waals surface area contributed by atoms with Crippen molar-refractivity contribution in [3.63, 3.8) is 0 Å². The first-order valence-electron chi connectivity index (χ1n) is 4.49. The van der Waals surface area contributed by atoms with Crippen LogP contribution >= 0.6 is 0 Å². The number of fused-ring (bicyclic) bond motifs is 1. The third-order valence-corrected chi connectivity index (χ3v) is 2.09. The topological polar surface area (TPSA) is 31.9 Å². The Morgan fingerprint density at radius 3 is 3.23 bits per heavy atom. The smallest absolute Gasteiger partial charge is 0.0912 e. The molecule has 0 fully saturated rings. The number of H-pyrrole nitrogens is 1. The number of aromatic nitrogens is 2. The Morgan fingerprint density at radius 1 is 1.62 bits per heavy atom. The molecule has 1 aliphatic rings. The quantitative estimate of drug-likeness (QED) is 0.745. The van der Waals surface area contributed by atoms with E-state index in [-0.39, 0.29) is 0 Å². The van der Waals surface area contributed by atoms with Gasteiger partial charge in [0.2, 0.25) is 0 Å². The number of nitrogens with one attached hydrogen (secondary N) is 1. The molecule has 0 amide bonds. The lowest BCUT2D eigenvalue weighted by atomic mass is 10.1. The van der Waals surface area contributed by atoms with Gasteiger partial charge in [0.15, 0.2) is 0 Å². The summed E-state index contributed by atoms with van der Waals surface area (Å²) >= 11 is 0. The molecule has 0 saturated heterocycles. The third kappa shape index (κ3) is 1.74. The number of hydrogen-bond acceptors (Lipinski definition) is 2. The predicted octanol–water partition coefficient (Wildman–Crippen LogP) is 1.81. The van der Waals surface area contributed by atoms with Crippen LogP contribution in [0.3, 0.4) is 0 Å². The number of aromatic amines is 1. The van der Waals surface area contributed by atoms with Gasteiger partial charge in [-0.3, -0.25) is 5.10 Å². The maximum Gasteiger partial charge on any atom is 0.0912 e. The van der Waals surface area contributed by atoms with Crippen LogP contribution in [-0.4, -0.2) is 21.6 Å². The Balaban J connectivity index is 2.08. The van der Waals surface area contributed by atoms with Gasteiger partial charge in [0.25, 0.3) is 0 Å². The van der Waals surface area contributed by atoms with Gasteiger partial charge in [0.05, 0.1) is 5.69 Å². The molecule has 1 aromatic rings. The van der Waals surface area contributed by atoms with Crippen molar-refractivity contribution in [1.29, 1.82) is 0 Å². The molecule has 13 heavy (non-hydrogen) atoms. The number of rotatable bonds is 2. The number of nitrogens with zero attached hydrogens (tertiary/aromatic N) is 2. The van der Waals surface area contributed by atoms with Gasteiger partial charge in [-0.2, -0.15) is 5.10 Å². The zero-order chi connectivity index (χ0) is 9.26. The van der Waals surface area contributed by atoms with Gasteiger partial charge in [0, 0.05) is 31.0 Å². The van der Waals surface area contributed by atoms with Gasteiger partial charge in [-0.1, -0.05) is 13.8 Å². The summed E-state index contributed by atoms with van der Waals surface area (Å²) in [4.78, 5) is 2.28. The standard InChI is InChI=1S/C10H14N3/c1-8(2)6-13-4-3-10-9(7-13)5-11-12-10/h3-5H,6-7H2,1-2H3,(H,11,12). The molecule has 0 atom stereocenters. The second-order valence-electron chi connectivity index (χ2n) is 3.72. The summed E-state index contributed by atoms with van der Waals surface area (Å²) in [5.41, 5.74) is 2.36. The van der Waals surface area contributed by atoms with Crippen LogP contribution in [0.5, 0.6) is 0 Å². The van der Waals surface area contributed by atoms with Crippen LogP contribution in [0.25, 0.3) is 6.08 Å². The van der Waals surface area contributed by atoms with E-state index in [0.717, 1.165) is 18.8 Å². The predicted molar refractivity (Wildman–Crippen MR) is 52.6 cm³/mol. The van der Waals surface area contributed by atoms with Crippen LogP contribution < -0.4 is 0 Å². The van der Waals surface area contributed by atoms with Crippen molar-refractivity contribution in [1.82, 2.24) is 15.1 Å². The molecular formula is C10H14N3. The molecule has 0 unspecified atom stereocenters. The van der Waals surface area contributed by atoms with E-state index in [1.807, 2.05) is 6.20 Å². The van der Waals surface area contributed by atoms with E-state index < -0.39 is 0 Å². The van der Waals surface area contributed by atoms with Gasteiger partial charge < -0.3 is 4.90 Å². The Morgan fingerprint density at radius 2 is 2.46 bits per heavy atom. The zero-order valence-corrected chi connectivity index (χ0v) is 8.04. The van der Waals surface area contributed by atoms with Gasteiger partial charge in [-0.05, 0) is 12.0 Å². The maximum atomic E-state index is 4.13. The average molecular weight is 176 g/mol. The van der Waals surface area contributed by atoms with E-state index in [2.05, 4.69) is 41.2 Å². The van der Waals surface area contributed by atoms with Crippen LogP contribution in [0.2, 0.25) is 0 Å². The largest absolute Gasteiger partial charge is 0.372 e. The van der Waals surface area contributed by atoms with Crippen LogP contribution in [0.1, 0.15) is 25.1 Å². The highest BCUT2D eigenvalue weighted by Crippen LogP contribution is 2.17. The van der Waals surface area contributed by atoms with Crippen molar-refractivity contribution < 1.29 is 0 Å². The molecule has 3 heteroatoms. The molecule has 1 aliphatic heterocycles. The van der Waals surface area contributed by atoms with Crippen LogP contribution in [-0.2, 0) is 6.54 Å². The lowest BCUT2D eigenvalue weighted by molar-refractivity contribution is 0.380. The van der Waals surface area contributed by atoms with Crippen molar-refractivity contribution in [3.8, 4) is 0 Å². The lowest BCUT2D eigenvalue weighted by Crippen LogP contribution is -2.23. The molecule has 1 aromatic heterocycles. The van der Waals surface area contributed by atoms with Crippen LogP contribution in [0, 0.1) is 5.92 Å². The minimum Gasteiger partial charge on any atom is -0.372 e. The average Bonchev–Trinajstić information content (AvgIpc) is 2.49. The second kappa shape index (κ2) is 3.24. The van der Waals surface area contributed by atoms with Crippen LogP contribution in [0.15, 0.2) is 12.4 Å². The molecule has 2 rings (SSSR count). The molecule has 0 aliphatic carbocycles. The van der Waals surface area contributed by atoms with Crippen molar-refractivity contribution in [2.45, 2.75) is 20.4 Å². The molecule has 1 radical (unpaired) electrons. The SMILES string of the molecule is C[C](C)CN1C=Cc2n[nH]cc2C1. The van der Waals surface area contributed by atoms with Crippen molar-refractivity contribution >= 4 is 6.08 Å². The zero-order valence-electron chi connectivity index (χ0n) is 8.04. The Labute approximate surface area is 78.4 Å². The van der Waals surface area contributed by atoms with E-state index >= 15 is 0 Å². The van der Waals surface area contributed by atoms with E-state index in [9.17, 15) is 0 Å². The Hall–Kier alpha value is -1.25. The Bertz CT molecular complexity index is 312. The van der Waals surface area contributed by atoms with E-state index in [1.54, 1.807) is 0 Å². The maximum absolute atomic E-state index is 4.13. The Kier molecular flexibility index (Phi) is 2.08. The minimum atomic E-state index is 0.966. The molecular weight excluding hydrogens is 162 g/mol. The monoisotopic (exact) mass is 176 g/mol. The first-order valence-corrected chi connectivity index (χ1v) is 4.49. The normalized spacial score (nSPS) is 15.2. The fourth-order valence-corrected chi connectivity index (χ4v) is 1.56. The summed E-state index contributed by atoms with van der Waals surface area (Å²) in [7, 11) is 0. The van der Waals surface area contributed by atoms with Crippen molar-refractivity contribution in [3.05, 3.63) is 29.6 Å². The molecule has 0 bridgehead atoms. The second-order valence-corrected chi connectivity index (χ2v) is 3.72. The summed E-state index contributed by atoms with van der Waals surface area (Å²) in [5, 5.41) is 7.00. The van der Waals surface area contributed by atoms with Gasteiger partial charge >= 0.3 is 0 Å². The summed E-state index contributed by atoms with van der Waals surface area (Å²) in [6.07, 6.45) is 6.13. The summed E-state index contributed by atoms with van der Waals surface area (Å²) in [6.45, 7) is 6.30. The first kappa shape index (κ1) is 8.35. The molecule has 3 nitrogen and oxygen atoms in total. The minimum absolute atomic E-state index is 0.966. The van der Waals surface area contributed by atoms with Crippen molar-refractivity contribution in [2.24, 2.45) is 0 Å². The van der Waals surface area contributed by atoms with Gasteiger partial charge in [-0.25, -0.2) is 0 Å². The van der Waals surface area contributed by atoms with E-state index in [4.69, 9.17) is 0 Å². The van der Waals surface area contributed by atoms with Gasteiger partial charge in [0.1, 0.15) is 0 Å². The molecule has 0 aromatic carbocycles. The fourth-order valence-electron chi connectivity index (χ4n) is 1.56. The van der Waals surface area contributed by atoms with E-state index in [0.29, 0.717) is 0 Å². The van der Waals surface area contributed by atoms with Crippen LogP contribution in [0.4, 0.5) is 0 Å². The molecule has 0 saturated carbocycles. The molecule has 1 N–H and O–H groups in total. The van der Waals surface area contributed by atoms with Gasteiger partial charge in [-0.15, -0.1) is 0 Å². The lowest BCUT2D eigenvalue weighted by Gasteiger charge is -2.24. The van der Waals surface area contributed by atoms with Crippen molar-refractivity contribution in [2.75, 3.05) is 6.54 Å². The highest BCUT2D eigenvalue weighted by Gasteiger charge is 2.12. The number of hydrogen-bond donors (Lipinski definition) is 1. The summed E-state index contributed by atoms with van der Waals surface area (Å²) in [6, 6.07) is 0. The summed E-state index contributed by atoms with van der Waals surface area (Å²) in [5.74, 6) is 1.43. The fraction of sp³-hybridized carbons (Fsp3) is 0.400. The first-order chi connectivity index (χ1) is 6.25. The summed E-state index contributed by atoms with van der Waals surface area (Å²) < 4.78 is 0. The van der Waals surface area contributed by atoms with E-state index in [1.165, 1.54) is 11.5 Å². The molecule has 0 spiro atoms. The highest BCUT2D eigenvalue weighted by atomic mass is 15.2. The third-order valence-electron chi connectivity index (χ3n) is 2.09.